The van der Waals surface area contributed by atoms with Gasteiger partial charge in [-0.2, -0.15) is 0 Å². The van der Waals surface area contributed by atoms with Gasteiger partial charge in [-0.1, -0.05) is 12.1 Å². The van der Waals surface area contributed by atoms with Crippen LogP contribution in [-0.2, 0) is 17.9 Å². The number of benzene rings is 1. The third-order valence-corrected chi connectivity index (χ3v) is 4.27. The number of nitrogens with zero attached hydrogens (tertiary/aromatic N) is 3. The Morgan fingerprint density at radius 1 is 1.35 bits per heavy atom. The van der Waals surface area contributed by atoms with Crippen molar-refractivity contribution in [2.24, 2.45) is 0 Å². The van der Waals surface area contributed by atoms with E-state index in [1.807, 2.05) is 18.4 Å². The summed E-state index contributed by atoms with van der Waals surface area (Å²) in [6.45, 7) is 2.64. The van der Waals surface area contributed by atoms with E-state index in [1.165, 1.54) is 10.9 Å². The summed E-state index contributed by atoms with van der Waals surface area (Å²) in [4.78, 5) is 32.7. The van der Waals surface area contributed by atoms with Crippen molar-refractivity contribution in [3.63, 3.8) is 0 Å². The van der Waals surface area contributed by atoms with Crippen LogP contribution in [0.25, 0.3) is 10.9 Å². The van der Waals surface area contributed by atoms with Crippen LogP contribution in [0.4, 0.5) is 0 Å². The van der Waals surface area contributed by atoms with Gasteiger partial charge in [0.1, 0.15) is 0 Å². The summed E-state index contributed by atoms with van der Waals surface area (Å²) >= 11 is 1.55. The van der Waals surface area contributed by atoms with Gasteiger partial charge in [0.05, 0.1) is 34.5 Å². The maximum absolute atomic E-state index is 12.3. The molecule has 1 aromatic carbocycles. The van der Waals surface area contributed by atoms with E-state index in [0.29, 0.717) is 24.0 Å². The average molecular weight is 328 g/mol. The first-order chi connectivity index (χ1) is 11.1. The van der Waals surface area contributed by atoms with E-state index in [4.69, 9.17) is 0 Å². The summed E-state index contributed by atoms with van der Waals surface area (Å²) in [5.41, 5.74) is 1.39. The largest absolute Gasteiger partial charge is 0.350 e. The maximum atomic E-state index is 12.3. The number of carbonyl (C=O) groups excluding carboxylic acids is 1. The zero-order valence-electron chi connectivity index (χ0n) is 12.7. The Balaban J connectivity index is 1.60. The fourth-order valence-corrected chi connectivity index (χ4v) is 2.87. The number of para-hydroxylation sites is 1. The van der Waals surface area contributed by atoms with Crippen LogP contribution in [0.5, 0.6) is 0 Å². The van der Waals surface area contributed by atoms with Gasteiger partial charge in [-0.3, -0.25) is 14.2 Å². The zero-order chi connectivity index (χ0) is 16.2. The molecule has 0 fully saturated rings. The molecule has 3 aromatic rings. The minimum absolute atomic E-state index is 0.115. The van der Waals surface area contributed by atoms with Crippen molar-refractivity contribution in [3.8, 4) is 0 Å². The number of aromatic nitrogens is 3. The van der Waals surface area contributed by atoms with E-state index in [-0.39, 0.29) is 17.9 Å². The lowest BCUT2D eigenvalue weighted by Crippen LogP contribution is -2.27. The summed E-state index contributed by atoms with van der Waals surface area (Å²) in [5, 5.41) is 6.27. The molecule has 0 unspecified atom stereocenters. The molecule has 2 heterocycles. The minimum atomic E-state index is -0.126. The number of rotatable bonds is 5. The number of hydrogen-bond acceptors (Lipinski definition) is 5. The van der Waals surface area contributed by atoms with Gasteiger partial charge in [0.2, 0.25) is 5.91 Å². The van der Waals surface area contributed by atoms with Crippen LogP contribution >= 0.6 is 11.3 Å². The Labute approximate surface area is 136 Å². The van der Waals surface area contributed by atoms with Gasteiger partial charge in [0, 0.05) is 18.3 Å². The molecule has 23 heavy (non-hydrogen) atoms. The molecule has 7 heteroatoms. The normalized spacial score (nSPS) is 10.8. The second kappa shape index (κ2) is 6.70. The van der Waals surface area contributed by atoms with E-state index in [0.717, 1.165) is 10.7 Å². The minimum Gasteiger partial charge on any atom is -0.350 e. The summed E-state index contributed by atoms with van der Waals surface area (Å²) in [7, 11) is 0. The number of nitrogens with one attached hydrogen (secondary N) is 1. The van der Waals surface area contributed by atoms with Gasteiger partial charge >= 0.3 is 0 Å². The molecule has 0 spiro atoms. The predicted octanol–water partition coefficient (Wildman–Crippen LogP) is 1.87. The molecule has 0 saturated heterocycles. The molecule has 6 nitrogen and oxygen atoms in total. The molecule has 0 atom stereocenters. The molecule has 118 valence electrons. The molecular formula is C16H16N4O2S. The highest BCUT2D eigenvalue weighted by atomic mass is 32.1. The monoisotopic (exact) mass is 328 g/mol. The van der Waals surface area contributed by atoms with Crippen molar-refractivity contribution < 1.29 is 4.79 Å². The van der Waals surface area contributed by atoms with Crippen molar-refractivity contribution in [1.82, 2.24) is 19.9 Å². The molecular weight excluding hydrogens is 312 g/mol. The molecule has 2 aromatic heterocycles. The van der Waals surface area contributed by atoms with Crippen molar-refractivity contribution in [3.05, 3.63) is 57.0 Å². The standard InChI is InChI=1S/C16H16N4O2S/c1-11-19-12(9-23-11)8-17-15(21)6-7-20-10-18-14-5-3-2-4-13(14)16(20)22/h2-5,9-10H,6-8H2,1H3,(H,17,21). The Kier molecular flexibility index (Phi) is 4.47. The topological polar surface area (TPSA) is 76.9 Å². The van der Waals surface area contributed by atoms with Gasteiger partial charge in [0.15, 0.2) is 0 Å². The Morgan fingerprint density at radius 2 is 2.17 bits per heavy atom. The first-order valence-electron chi connectivity index (χ1n) is 7.25. The van der Waals surface area contributed by atoms with E-state index < -0.39 is 0 Å². The van der Waals surface area contributed by atoms with Crippen molar-refractivity contribution in [2.75, 3.05) is 0 Å². The summed E-state index contributed by atoms with van der Waals surface area (Å²) in [6, 6.07) is 7.18. The SMILES string of the molecule is Cc1nc(CNC(=O)CCn2cnc3ccccc3c2=O)cs1. The molecule has 3 rings (SSSR count). The smallest absolute Gasteiger partial charge is 0.261 e. The number of thiazole rings is 1. The Morgan fingerprint density at radius 3 is 2.96 bits per heavy atom. The fraction of sp³-hybridized carbons (Fsp3) is 0.250. The molecule has 1 N–H and O–H groups in total. The molecule has 1 amide bonds. The number of aryl methyl sites for hydroxylation is 2. The van der Waals surface area contributed by atoms with Gasteiger partial charge in [-0.15, -0.1) is 11.3 Å². The van der Waals surface area contributed by atoms with Crippen LogP contribution in [0.3, 0.4) is 0 Å². The summed E-state index contributed by atoms with van der Waals surface area (Å²) in [5.74, 6) is -0.115. The van der Waals surface area contributed by atoms with Crippen LogP contribution in [0, 0.1) is 6.92 Å². The highest BCUT2D eigenvalue weighted by Gasteiger charge is 2.07. The lowest BCUT2D eigenvalue weighted by atomic mass is 10.2. The van der Waals surface area contributed by atoms with Crippen LogP contribution in [-0.4, -0.2) is 20.4 Å². The highest BCUT2D eigenvalue weighted by Crippen LogP contribution is 2.07. The first kappa shape index (κ1) is 15.4. The molecule has 0 bridgehead atoms. The number of hydrogen-bond donors (Lipinski definition) is 1. The third kappa shape index (κ3) is 3.62. The zero-order valence-corrected chi connectivity index (χ0v) is 13.5. The van der Waals surface area contributed by atoms with Crippen LogP contribution < -0.4 is 10.9 Å². The van der Waals surface area contributed by atoms with Crippen molar-refractivity contribution >= 4 is 28.1 Å². The number of fused-ring (bicyclic) bond motifs is 1. The molecule has 0 aliphatic rings. The summed E-state index contributed by atoms with van der Waals surface area (Å²) < 4.78 is 1.47. The first-order valence-corrected chi connectivity index (χ1v) is 8.13. The Hall–Kier alpha value is -2.54. The molecule has 0 aliphatic carbocycles. The lowest BCUT2D eigenvalue weighted by molar-refractivity contribution is -0.121. The van der Waals surface area contributed by atoms with Crippen LogP contribution in [0.1, 0.15) is 17.1 Å². The quantitative estimate of drug-likeness (QED) is 0.776. The fourth-order valence-electron chi connectivity index (χ4n) is 2.25. The average Bonchev–Trinajstić information content (AvgIpc) is 2.98. The molecule has 0 radical (unpaired) electrons. The van der Waals surface area contributed by atoms with E-state index in [9.17, 15) is 9.59 Å². The third-order valence-electron chi connectivity index (χ3n) is 3.44. The maximum Gasteiger partial charge on any atom is 0.261 e. The highest BCUT2D eigenvalue weighted by molar-refractivity contribution is 7.09. The lowest BCUT2D eigenvalue weighted by Gasteiger charge is -2.07. The Bertz CT molecular complexity index is 900. The number of carbonyl (C=O) groups is 1. The van der Waals surface area contributed by atoms with Crippen molar-refractivity contribution in [1.29, 1.82) is 0 Å². The van der Waals surface area contributed by atoms with Gasteiger partial charge in [-0.25, -0.2) is 9.97 Å². The molecule has 0 aliphatic heterocycles. The van der Waals surface area contributed by atoms with Gasteiger partial charge in [-0.05, 0) is 19.1 Å². The second-order valence-corrected chi connectivity index (χ2v) is 6.21. The van der Waals surface area contributed by atoms with E-state index >= 15 is 0 Å². The van der Waals surface area contributed by atoms with Crippen LogP contribution in [0.2, 0.25) is 0 Å². The van der Waals surface area contributed by atoms with E-state index in [2.05, 4.69) is 15.3 Å². The number of amides is 1. The summed E-state index contributed by atoms with van der Waals surface area (Å²) in [6.07, 6.45) is 1.71. The predicted molar refractivity (Wildman–Crippen MR) is 89.3 cm³/mol. The van der Waals surface area contributed by atoms with E-state index in [1.54, 1.807) is 29.5 Å². The second-order valence-electron chi connectivity index (χ2n) is 5.14. The molecule has 0 saturated carbocycles. The van der Waals surface area contributed by atoms with Gasteiger partial charge in [0.25, 0.3) is 5.56 Å². The van der Waals surface area contributed by atoms with Gasteiger partial charge < -0.3 is 5.32 Å². The van der Waals surface area contributed by atoms with Crippen LogP contribution in [0.15, 0.2) is 40.8 Å². The van der Waals surface area contributed by atoms with Crippen molar-refractivity contribution in [2.45, 2.75) is 26.4 Å².